The summed E-state index contributed by atoms with van der Waals surface area (Å²) in [6.45, 7) is 3.58. The first-order valence-electron chi connectivity index (χ1n) is 3.32. The summed E-state index contributed by atoms with van der Waals surface area (Å²) in [6.07, 6.45) is 1.74. The first-order valence-corrected chi connectivity index (χ1v) is 3.32. The Kier molecular flexibility index (Phi) is 4.86. The highest BCUT2D eigenvalue weighted by Gasteiger charge is 1.84. The topological polar surface area (TPSA) is 46.2 Å². The molecule has 1 aromatic carbocycles. The molecule has 1 aromatic rings. The molecule has 11 heavy (non-hydrogen) atoms. The van der Waals surface area contributed by atoms with E-state index in [1.165, 1.54) is 7.05 Å². The van der Waals surface area contributed by atoms with Crippen molar-refractivity contribution in [3.63, 3.8) is 0 Å². The first-order chi connectivity index (χ1) is 5.33. The van der Waals surface area contributed by atoms with Crippen molar-refractivity contribution in [2.75, 3.05) is 7.05 Å². The van der Waals surface area contributed by atoms with E-state index in [9.17, 15) is 0 Å². The molecule has 0 aliphatic rings. The van der Waals surface area contributed by atoms with Gasteiger partial charge in [0.2, 0.25) is 0 Å². The van der Waals surface area contributed by atoms with Crippen molar-refractivity contribution in [3.8, 4) is 5.75 Å². The van der Waals surface area contributed by atoms with E-state index in [0.29, 0.717) is 5.75 Å². The van der Waals surface area contributed by atoms with Gasteiger partial charge in [-0.25, -0.2) is 0 Å². The minimum atomic E-state index is 0.292. The molecule has 60 valence electrons. The molecule has 2 heteroatoms. The molecule has 2 nitrogen and oxygen atoms in total. The normalized spacial score (nSPS) is 7.82. The Hall–Kier alpha value is -1.28. The van der Waals surface area contributed by atoms with E-state index in [-0.39, 0.29) is 0 Å². The smallest absolute Gasteiger partial charge is 0.115 e. The predicted molar refractivity (Wildman–Crippen MR) is 48.3 cm³/mol. The molecule has 0 bridgehead atoms. The van der Waals surface area contributed by atoms with Gasteiger partial charge < -0.3 is 10.8 Å². The average Bonchev–Trinajstić information content (AvgIpc) is 2.10. The van der Waals surface area contributed by atoms with Gasteiger partial charge in [-0.1, -0.05) is 24.8 Å². The van der Waals surface area contributed by atoms with Gasteiger partial charge in [-0.15, -0.1) is 0 Å². The second-order valence-corrected chi connectivity index (χ2v) is 1.80. The second-order valence-electron chi connectivity index (χ2n) is 1.80. The van der Waals surface area contributed by atoms with Crippen LogP contribution in [-0.2, 0) is 0 Å². The maximum absolute atomic E-state index is 8.82. The van der Waals surface area contributed by atoms with Gasteiger partial charge in [0.25, 0.3) is 0 Å². The van der Waals surface area contributed by atoms with Crippen LogP contribution in [0, 0.1) is 0 Å². The minimum absolute atomic E-state index is 0.292. The van der Waals surface area contributed by atoms with Gasteiger partial charge in [-0.05, 0) is 24.7 Å². The Bertz CT molecular complexity index is 203. The lowest BCUT2D eigenvalue weighted by molar-refractivity contribution is 0.475. The van der Waals surface area contributed by atoms with E-state index in [0.717, 1.165) is 5.56 Å². The molecule has 0 spiro atoms. The zero-order valence-corrected chi connectivity index (χ0v) is 6.62. The number of phenolic OH excluding ortho intramolecular Hbond substituents is 1. The van der Waals surface area contributed by atoms with Crippen molar-refractivity contribution in [2.24, 2.45) is 5.73 Å². The zero-order chi connectivity index (χ0) is 8.69. The Labute approximate surface area is 67.0 Å². The number of phenols is 1. The summed E-state index contributed by atoms with van der Waals surface area (Å²) in [5.74, 6) is 0.292. The van der Waals surface area contributed by atoms with Crippen LogP contribution in [-0.4, -0.2) is 12.2 Å². The first kappa shape index (κ1) is 9.72. The molecule has 1 rings (SSSR count). The SMILES string of the molecule is C=Cc1ccc(O)cc1.CN. The van der Waals surface area contributed by atoms with Crippen LogP contribution >= 0.6 is 0 Å². The number of hydrogen-bond donors (Lipinski definition) is 2. The van der Waals surface area contributed by atoms with E-state index in [4.69, 9.17) is 5.11 Å². The third-order valence-electron chi connectivity index (χ3n) is 1.13. The fourth-order valence-corrected chi connectivity index (χ4v) is 0.610. The van der Waals surface area contributed by atoms with Gasteiger partial charge in [-0.2, -0.15) is 0 Å². The number of benzene rings is 1. The van der Waals surface area contributed by atoms with E-state index < -0.39 is 0 Å². The van der Waals surface area contributed by atoms with Gasteiger partial charge in [-0.3, -0.25) is 0 Å². The quantitative estimate of drug-likeness (QED) is 0.640. The Morgan fingerprint density at radius 3 is 2.09 bits per heavy atom. The Morgan fingerprint density at radius 1 is 1.27 bits per heavy atom. The summed E-state index contributed by atoms with van der Waals surface area (Å²) >= 11 is 0. The van der Waals surface area contributed by atoms with Gasteiger partial charge in [0, 0.05) is 0 Å². The molecule has 0 amide bonds. The number of hydrogen-bond acceptors (Lipinski definition) is 2. The summed E-state index contributed by atoms with van der Waals surface area (Å²) in [5, 5.41) is 8.82. The molecule has 0 saturated carbocycles. The summed E-state index contributed by atoms with van der Waals surface area (Å²) in [7, 11) is 1.50. The van der Waals surface area contributed by atoms with Gasteiger partial charge in [0.1, 0.15) is 5.75 Å². The molecule has 0 radical (unpaired) electrons. The monoisotopic (exact) mass is 151 g/mol. The van der Waals surface area contributed by atoms with Crippen LogP contribution in [0.1, 0.15) is 5.56 Å². The summed E-state index contributed by atoms with van der Waals surface area (Å²) < 4.78 is 0. The number of aromatic hydroxyl groups is 1. The van der Waals surface area contributed by atoms with E-state index in [2.05, 4.69) is 12.3 Å². The fraction of sp³-hybridized carbons (Fsp3) is 0.111. The van der Waals surface area contributed by atoms with Crippen LogP contribution in [0.4, 0.5) is 0 Å². The average molecular weight is 151 g/mol. The molecule has 0 saturated heterocycles. The van der Waals surface area contributed by atoms with Crippen molar-refractivity contribution >= 4 is 6.08 Å². The lowest BCUT2D eigenvalue weighted by Gasteiger charge is -1.90. The van der Waals surface area contributed by atoms with E-state index in [1.54, 1.807) is 18.2 Å². The highest BCUT2D eigenvalue weighted by atomic mass is 16.3. The van der Waals surface area contributed by atoms with Crippen LogP contribution in [0.2, 0.25) is 0 Å². The maximum Gasteiger partial charge on any atom is 0.115 e. The summed E-state index contributed by atoms with van der Waals surface area (Å²) in [5.41, 5.74) is 5.52. The largest absolute Gasteiger partial charge is 0.508 e. The van der Waals surface area contributed by atoms with Crippen molar-refractivity contribution in [1.29, 1.82) is 0 Å². The standard InChI is InChI=1S/C8H8O.CH5N/c1-2-7-3-5-8(9)6-4-7;1-2/h2-6,9H,1H2;2H2,1H3. The number of nitrogens with two attached hydrogens (primary N) is 1. The highest BCUT2D eigenvalue weighted by Crippen LogP contribution is 2.09. The van der Waals surface area contributed by atoms with Crippen LogP contribution in [0.25, 0.3) is 6.08 Å². The molecular formula is C9H13NO. The van der Waals surface area contributed by atoms with Crippen LogP contribution < -0.4 is 5.73 Å². The fourth-order valence-electron chi connectivity index (χ4n) is 0.610. The number of rotatable bonds is 1. The Morgan fingerprint density at radius 2 is 1.73 bits per heavy atom. The van der Waals surface area contributed by atoms with Crippen molar-refractivity contribution in [3.05, 3.63) is 36.4 Å². The van der Waals surface area contributed by atoms with Gasteiger partial charge >= 0.3 is 0 Å². The zero-order valence-electron chi connectivity index (χ0n) is 6.62. The van der Waals surface area contributed by atoms with E-state index >= 15 is 0 Å². The van der Waals surface area contributed by atoms with Crippen molar-refractivity contribution in [1.82, 2.24) is 0 Å². The molecule has 0 aliphatic carbocycles. The summed E-state index contributed by atoms with van der Waals surface area (Å²) in [6, 6.07) is 6.89. The second kappa shape index (κ2) is 5.50. The Balaban J connectivity index is 0.000000461. The van der Waals surface area contributed by atoms with Gasteiger partial charge in [0.15, 0.2) is 0 Å². The van der Waals surface area contributed by atoms with Crippen LogP contribution in [0.3, 0.4) is 0 Å². The maximum atomic E-state index is 8.82. The van der Waals surface area contributed by atoms with Crippen LogP contribution in [0.5, 0.6) is 5.75 Å². The van der Waals surface area contributed by atoms with Gasteiger partial charge in [0.05, 0.1) is 0 Å². The lowest BCUT2D eigenvalue weighted by Crippen LogP contribution is -1.69. The predicted octanol–water partition coefficient (Wildman–Crippen LogP) is 1.61. The molecule has 0 unspecified atom stereocenters. The van der Waals surface area contributed by atoms with Crippen LogP contribution in [0.15, 0.2) is 30.8 Å². The molecule has 0 atom stereocenters. The van der Waals surface area contributed by atoms with E-state index in [1.807, 2.05) is 12.1 Å². The molecule has 0 aromatic heterocycles. The molecule has 3 N–H and O–H groups in total. The van der Waals surface area contributed by atoms with Crippen molar-refractivity contribution < 1.29 is 5.11 Å². The molecule has 0 aliphatic heterocycles. The molecule has 0 heterocycles. The highest BCUT2D eigenvalue weighted by molar-refractivity contribution is 5.47. The molecular weight excluding hydrogens is 138 g/mol. The van der Waals surface area contributed by atoms with Crippen molar-refractivity contribution in [2.45, 2.75) is 0 Å². The minimum Gasteiger partial charge on any atom is -0.508 e. The summed E-state index contributed by atoms with van der Waals surface area (Å²) in [4.78, 5) is 0. The lowest BCUT2D eigenvalue weighted by atomic mass is 10.2. The third-order valence-corrected chi connectivity index (χ3v) is 1.13. The molecule has 0 fully saturated rings. The third kappa shape index (κ3) is 3.43.